The summed E-state index contributed by atoms with van der Waals surface area (Å²) in [5.41, 5.74) is 0.248. The summed E-state index contributed by atoms with van der Waals surface area (Å²) in [5, 5.41) is 4.37. The Kier molecular flexibility index (Phi) is 5.68. The van der Waals surface area contributed by atoms with Gasteiger partial charge in [-0.05, 0) is 35.7 Å². The third-order valence-corrected chi connectivity index (χ3v) is 3.63. The van der Waals surface area contributed by atoms with Crippen LogP contribution in [0.15, 0.2) is 41.8 Å². The highest BCUT2D eigenvalue weighted by atomic mass is 35.5. The maximum Gasteiger partial charge on any atom is 0.331 e. The Balaban J connectivity index is 1.81. The first-order valence-electron chi connectivity index (χ1n) is 6.18. The predicted octanol–water partition coefficient (Wildman–Crippen LogP) is 3.74. The maximum absolute atomic E-state index is 12.9. The molecule has 7 heteroatoms. The van der Waals surface area contributed by atoms with Gasteiger partial charge in [-0.25, -0.2) is 9.18 Å². The Bertz CT molecular complexity index is 701. The van der Waals surface area contributed by atoms with E-state index in [2.05, 4.69) is 5.32 Å². The topological polar surface area (TPSA) is 55.4 Å². The zero-order chi connectivity index (χ0) is 15.9. The normalized spacial score (nSPS) is 10.6. The Morgan fingerprint density at radius 3 is 2.86 bits per heavy atom. The van der Waals surface area contributed by atoms with Gasteiger partial charge in [0.2, 0.25) is 0 Å². The summed E-state index contributed by atoms with van der Waals surface area (Å²) in [5.74, 6) is -1.70. The van der Waals surface area contributed by atoms with Gasteiger partial charge >= 0.3 is 5.97 Å². The number of hydrogen-bond acceptors (Lipinski definition) is 4. The van der Waals surface area contributed by atoms with Gasteiger partial charge in [0.15, 0.2) is 6.61 Å². The van der Waals surface area contributed by atoms with E-state index in [-0.39, 0.29) is 10.7 Å². The molecule has 1 N–H and O–H groups in total. The van der Waals surface area contributed by atoms with E-state index in [1.165, 1.54) is 23.5 Å². The fraction of sp³-hybridized carbons (Fsp3) is 0.0667. The summed E-state index contributed by atoms with van der Waals surface area (Å²) >= 11 is 7.25. The molecular weight excluding hydrogens is 329 g/mol. The van der Waals surface area contributed by atoms with Crippen LogP contribution in [0.2, 0.25) is 5.02 Å². The van der Waals surface area contributed by atoms with Crippen molar-refractivity contribution in [1.82, 2.24) is 0 Å². The summed E-state index contributed by atoms with van der Waals surface area (Å²) in [4.78, 5) is 24.0. The zero-order valence-corrected chi connectivity index (χ0v) is 12.8. The van der Waals surface area contributed by atoms with Gasteiger partial charge in [0.05, 0.1) is 10.7 Å². The summed E-state index contributed by atoms with van der Waals surface area (Å²) in [6.07, 6.45) is 2.84. The second-order valence-corrected chi connectivity index (χ2v) is 5.52. The lowest BCUT2D eigenvalue weighted by Crippen LogP contribution is -2.20. The highest BCUT2D eigenvalue weighted by Crippen LogP contribution is 2.22. The van der Waals surface area contributed by atoms with Crippen molar-refractivity contribution in [1.29, 1.82) is 0 Å². The zero-order valence-electron chi connectivity index (χ0n) is 11.2. The second kappa shape index (κ2) is 7.72. The van der Waals surface area contributed by atoms with Crippen LogP contribution in [-0.2, 0) is 14.3 Å². The van der Waals surface area contributed by atoms with Crippen LogP contribution in [0.4, 0.5) is 10.1 Å². The standard InChI is InChI=1S/C15H11ClFNO3S/c16-12-8-10(17)3-5-13(12)18-14(19)9-21-15(20)6-4-11-2-1-7-22-11/h1-8H,9H2,(H,18,19)/b6-4+. The number of amides is 1. The minimum atomic E-state index is -0.631. The van der Waals surface area contributed by atoms with Gasteiger partial charge in [0.1, 0.15) is 5.82 Å². The number of carbonyl (C=O) groups excluding carboxylic acids is 2. The maximum atomic E-state index is 12.9. The molecule has 114 valence electrons. The number of esters is 1. The lowest BCUT2D eigenvalue weighted by atomic mass is 10.3. The van der Waals surface area contributed by atoms with E-state index in [9.17, 15) is 14.0 Å². The molecule has 0 aliphatic rings. The Morgan fingerprint density at radius 2 is 2.18 bits per heavy atom. The first kappa shape index (κ1) is 16.2. The van der Waals surface area contributed by atoms with E-state index in [1.807, 2.05) is 17.5 Å². The molecule has 0 fully saturated rings. The van der Waals surface area contributed by atoms with Crippen molar-refractivity contribution in [2.24, 2.45) is 0 Å². The van der Waals surface area contributed by atoms with Gasteiger partial charge in [-0.3, -0.25) is 4.79 Å². The number of ether oxygens (including phenoxy) is 1. The first-order valence-corrected chi connectivity index (χ1v) is 7.43. The van der Waals surface area contributed by atoms with Crippen molar-refractivity contribution in [3.8, 4) is 0 Å². The quantitative estimate of drug-likeness (QED) is 0.667. The molecule has 0 aliphatic carbocycles. The number of halogens is 2. The molecular formula is C15H11ClFNO3S. The Hall–Kier alpha value is -2.18. The van der Waals surface area contributed by atoms with E-state index in [0.29, 0.717) is 0 Å². The number of benzene rings is 1. The van der Waals surface area contributed by atoms with Crippen molar-refractivity contribution >= 4 is 46.6 Å². The lowest BCUT2D eigenvalue weighted by Gasteiger charge is -2.07. The molecule has 0 spiro atoms. The monoisotopic (exact) mass is 339 g/mol. The van der Waals surface area contributed by atoms with Crippen molar-refractivity contribution < 1.29 is 18.7 Å². The predicted molar refractivity (Wildman–Crippen MR) is 84.4 cm³/mol. The first-order chi connectivity index (χ1) is 10.5. The number of hydrogen-bond donors (Lipinski definition) is 1. The molecule has 22 heavy (non-hydrogen) atoms. The van der Waals surface area contributed by atoms with Gasteiger partial charge in [0.25, 0.3) is 5.91 Å². The third-order valence-electron chi connectivity index (χ3n) is 2.48. The lowest BCUT2D eigenvalue weighted by molar-refractivity contribution is -0.142. The molecule has 2 rings (SSSR count). The number of rotatable bonds is 5. The van der Waals surface area contributed by atoms with E-state index in [0.717, 1.165) is 17.0 Å². The largest absolute Gasteiger partial charge is 0.452 e. The smallest absolute Gasteiger partial charge is 0.331 e. The second-order valence-electron chi connectivity index (χ2n) is 4.13. The molecule has 1 amide bonds. The molecule has 0 saturated heterocycles. The third kappa shape index (κ3) is 4.98. The summed E-state index contributed by atoms with van der Waals surface area (Å²) in [6, 6.07) is 7.27. The van der Waals surface area contributed by atoms with Crippen molar-refractivity contribution in [2.75, 3.05) is 11.9 Å². The van der Waals surface area contributed by atoms with Gasteiger partial charge in [0, 0.05) is 11.0 Å². The van der Waals surface area contributed by atoms with Gasteiger partial charge in [-0.15, -0.1) is 11.3 Å². The van der Waals surface area contributed by atoms with Crippen LogP contribution >= 0.6 is 22.9 Å². The van der Waals surface area contributed by atoms with Gasteiger partial charge in [-0.1, -0.05) is 17.7 Å². The molecule has 0 unspecified atom stereocenters. The van der Waals surface area contributed by atoms with E-state index in [1.54, 1.807) is 6.08 Å². The van der Waals surface area contributed by atoms with Crippen LogP contribution in [0.5, 0.6) is 0 Å². The molecule has 0 atom stereocenters. The van der Waals surface area contributed by atoms with E-state index < -0.39 is 24.3 Å². The summed E-state index contributed by atoms with van der Waals surface area (Å²) < 4.78 is 17.7. The summed E-state index contributed by atoms with van der Waals surface area (Å²) in [7, 11) is 0. The fourth-order valence-electron chi connectivity index (χ4n) is 1.50. The van der Waals surface area contributed by atoms with Crippen LogP contribution in [0.25, 0.3) is 6.08 Å². The molecule has 1 aromatic carbocycles. The number of anilines is 1. The SMILES string of the molecule is O=C(COC(=O)/C=C/c1cccs1)Nc1ccc(F)cc1Cl. The van der Waals surface area contributed by atoms with Gasteiger partial charge in [-0.2, -0.15) is 0 Å². The molecule has 0 bridgehead atoms. The van der Waals surface area contributed by atoms with Crippen LogP contribution in [0.3, 0.4) is 0 Å². The molecule has 4 nitrogen and oxygen atoms in total. The number of nitrogens with one attached hydrogen (secondary N) is 1. The molecule has 0 radical (unpaired) electrons. The average Bonchev–Trinajstić information content (AvgIpc) is 2.99. The van der Waals surface area contributed by atoms with E-state index >= 15 is 0 Å². The van der Waals surface area contributed by atoms with Crippen molar-refractivity contribution in [3.63, 3.8) is 0 Å². The van der Waals surface area contributed by atoms with Crippen LogP contribution in [0, 0.1) is 5.82 Å². The highest BCUT2D eigenvalue weighted by molar-refractivity contribution is 7.10. The number of carbonyl (C=O) groups is 2. The van der Waals surface area contributed by atoms with Crippen LogP contribution in [-0.4, -0.2) is 18.5 Å². The number of thiophene rings is 1. The van der Waals surface area contributed by atoms with Crippen LogP contribution < -0.4 is 5.32 Å². The van der Waals surface area contributed by atoms with E-state index in [4.69, 9.17) is 16.3 Å². The Morgan fingerprint density at radius 1 is 1.36 bits per heavy atom. The highest BCUT2D eigenvalue weighted by Gasteiger charge is 2.08. The molecule has 0 aliphatic heterocycles. The Labute approximate surface area is 135 Å². The molecule has 2 aromatic rings. The fourth-order valence-corrected chi connectivity index (χ4v) is 2.33. The molecule has 1 heterocycles. The van der Waals surface area contributed by atoms with Crippen molar-refractivity contribution in [2.45, 2.75) is 0 Å². The summed E-state index contributed by atoms with van der Waals surface area (Å²) in [6.45, 7) is -0.457. The van der Waals surface area contributed by atoms with Gasteiger partial charge < -0.3 is 10.1 Å². The average molecular weight is 340 g/mol. The molecule has 1 aromatic heterocycles. The van der Waals surface area contributed by atoms with Crippen molar-refractivity contribution in [3.05, 3.63) is 57.5 Å². The van der Waals surface area contributed by atoms with Crippen LogP contribution in [0.1, 0.15) is 4.88 Å². The minimum absolute atomic E-state index is 0.0669. The minimum Gasteiger partial charge on any atom is -0.452 e. The molecule has 0 saturated carbocycles.